The van der Waals surface area contributed by atoms with Gasteiger partial charge in [-0.2, -0.15) is 4.31 Å². The molecule has 1 atom stereocenters. The fourth-order valence-corrected chi connectivity index (χ4v) is 5.43. The van der Waals surface area contributed by atoms with Crippen molar-refractivity contribution in [3.8, 4) is 0 Å². The highest BCUT2D eigenvalue weighted by atomic mass is 35.5. The van der Waals surface area contributed by atoms with Gasteiger partial charge < -0.3 is 14.8 Å². The number of sulfonamides is 1. The SMILES string of the molecule is CN(C)C(CNC(=O)c1cc(S(=O)(=O)N2CCCC2)cn1C)c1ccccc1Cl. The number of hydrogen-bond donors (Lipinski definition) is 1. The lowest BCUT2D eigenvalue weighted by Gasteiger charge is -2.26. The largest absolute Gasteiger partial charge is 0.349 e. The number of likely N-dealkylation sites (N-methyl/N-ethyl adjacent to an activating group) is 1. The van der Waals surface area contributed by atoms with Crippen LogP contribution in [-0.2, 0) is 17.1 Å². The van der Waals surface area contributed by atoms with Gasteiger partial charge in [-0.25, -0.2) is 8.42 Å². The summed E-state index contributed by atoms with van der Waals surface area (Å²) in [4.78, 5) is 14.9. The molecule has 1 aliphatic heterocycles. The lowest BCUT2D eigenvalue weighted by atomic mass is 10.1. The topological polar surface area (TPSA) is 74.7 Å². The van der Waals surface area contributed by atoms with Crippen molar-refractivity contribution in [1.82, 2.24) is 19.1 Å². The summed E-state index contributed by atoms with van der Waals surface area (Å²) < 4.78 is 28.5. The Morgan fingerprint density at radius 2 is 1.90 bits per heavy atom. The van der Waals surface area contributed by atoms with Crippen molar-refractivity contribution in [2.45, 2.75) is 23.8 Å². The number of amides is 1. The van der Waals surface area contributed by atoms with Crippen LogP contribution in [0.1, 0.15) is 34.9 Å². The van der Waals surface area contributed by atoms with Crippen molar-refractivity contribution in [2.24, 2.45) is 7.05 Å². The Morgan fingerprint density at radius 1 is 1.24 bits per heavy atom. The highest BCUT2D eigenvalue weighted by molar-refractivity contribution is 7.89. The van der Waals surface area contributed by atoms with E-state index in [0.717, 1.165) is 18.4 Å². The molecular weight excluding hydrogens is 412 g/mol. The minimum absolute atomic E-state index is 0.110. The van der Waals surface area contributed by atoms with Crippen LogP contribution in [0.2, 0.25) is 5.02 Å². The van der Waals surface area contributed by atoms with Gasteiger partial charge in [-0.05, 0) is 44.6 Å². The number of carbonyl (C=O) groups excluding carboxylic acids is 1. The fraction of sp³-hybridized carbons (Fsp3) is 0.450. The van der Waals surface area contributed by atoms with E-state index in [0.29, 0.717) is 30.4 Å². The quantitative estimate of drug-likeness (QED) is 0.720. The van der Waals surface area contributed by atoms with Crippen LogP contribution in [0, 0.1) is 0 Å². The van der Waals surface area contributed by atoms with E-state index in [4.69, 9.17) is 11.6 Å². The second-order valence-electron chi connectivity index (χ2n) is 7.49. The molecule has 1 N–H and O–H groups in total. The van der Waals surface area contributed by atoms with Crippen LogP contribution >= 0.6 is 11.6 Å². The minimum Gasteiger partial charge on any atom is -0.349 e. The van der Waals surface area contributed by atoms with Gasteiger partial charge in [0.15, 0.2) is 0 Å². The molecule has 29 heavy (non-hydrogen) atoms. The van der Waals surface area contributed by atoms with Gasteiger partial charge >= 0.3 is 0 Å². The second kappa shape index (κ2) is 8.87. The lowest BCUT2D eigenvalue weighted by molar-refractivity contribution is 0.0933. The summed E-state index contributed by atoms with van der Waals surface area (Å²) in [7, 11) is 1.96. The number of rotatable bonds is 7. The van der Waals surface area contributed by atoms with Crippen molar-refractivity contribution >= 4 is 27.5 Å². The Bertz CT molecular complexity index is 981. The molecule has 2 aromatic rings. The maximum atomic E-state index is 12.8. The summed E-state index contributed by atoms with van der Waals surface area (Å²) in [5.41, 5.74) is 1.23. The molecule has 1 aliphatic rings. The average Bonchev–Trinajstić information content (AvgIpc) is 3.33. The molecule has 0 aliphatic carbocycles. The van der Waals surface area contributed by atoms with Crippen LogP contribution in [0.3, 0.4) is 0 Å². The lowest BCUT2D eigenvalue weighted by Crippen LogP contribution is -2.35. The summed E-state index contributed by atoms with van der Waals surface area (Å²) in [6.07, 6.45) is 3.24. The van der Waals surface area contributed by atoms with Crippen molar-refractivity contribution in [2.75, 3.05) is 33.7 Å². The molecule has 1 unspecified atom stereocenters. The molecule has 3 rings (SSSR count). The smallest absolute Gasteiger partial charge is 0.268 e. The zero-order valence-corrected chi connectivity index (χ0v) is 18.5. The molecule has 0 bridgehead atoms. The molecule has 1 saturated heterocycles. The van der Waals surface area contributed by atoms with Gasteiger partial charge in [0.05, 0.1) is 6.04 Å². The Hall–Kier alpha value is -1.87. The normalized spacial score (nSPS) is 16.3. The first kappa shape index (κ1) is 21.8. The first-order valence-corrected chi connectivity index (χ1v) is 11.4. The van der Waals surface area contributed by atoms with E-state index in [9.17, 15) is 13.2 Å². The van der Waals surface area contributed by atoms with Crippen molar-refractivity contribution in [3.05, 3.63) is 52.8 Å². The predicted molar refractivity (Wildman–Crippen MR) is 114 cm³/mol. The summed E-state index contributed by atoms with van der Waals surface area (Å²) in [5.74, 6) is -0.325. The number of halogens is 1. The molecule has 2 heterocycles. The molecule has 9 heteroatoms. The zero-order chi connectivity index (χ0) is 21.2. The van der Waals surface area contributed by atoms with E-state index in [2.05, 4.69) is 5.32 Å². The van der Waals surface area contributed by atoms with E-state index < -0.39 is 10.0 Å². The average molecular weight is 439 g/mol. The van der Waals surface area contributed by atoms with E-state index in [1.54, 1.807) is 11.6 Å². The van der Waals surface area contributed by atoms with Gasteiger partial charge in [0, 0.05) is 37.9 Å². The molecule has 7 nitrogen and oxygen atoms in total. The third-order valence-corrected chi connectivity index (χ3v) is 7.47. The van der Waals surface area contributed by atoms with E-state index >= 15 is 0 Å². The molecule has 1 amide bonds. The fourth-order valence-electron chi connectivity index (χ4n) is 3.57. The standard InChI is InChI=1S/C20H27ClN4O3S/c1-23(2)19(16-8-4-5-9-17(16)21)13-22-20(26)18-12-15(14-24(18)3)29(27,28)25-10-6-7-11-25/h4-5,8-9,12,14,19H,6-7,10-11,13H2,1-3H3,(H,22,26). The molecule has 0 saturated carbocycles. The molecule has 0 radical (unpaired) electrons. The molecule has 1 fully saturated rings. The van der Waals surface area contributed by atoms with Crippen molar-refractivity contribution in [1.29, 1.82) is 0 Å². The maximum absolute atomic E-state index is 12.8. The number of aromatic nitrogens is 1. The Labute approximate surface area is 177 Å². The number of carbonyl (C=O) groups is 1. The molecule has 158 valence electrons. The van der Waals surface area contributed by atoms with Gasteiger partial charge in [-0.15, -0.1) is 0 Å². The van der Waals surface area contributed by atoms with Crippen molar-refractivity contribution in [3.63, 3.8) is 0 Å². The van der Waals surface area contributed by atoms with Crippen molar-refractivity contribution < 1.29 is 13.2 Å². The van der Waals surface area contributed by atoms with Gasteiger partial charge in [-0.1, -0.05) is 29.8 Å². The Kier molecular flexibility index (Phi) is 6.68. The highest BCUT2D eigenvalue weighted by Gasteiger charge is 2.29. The van der Waals surface area contributed by atoms with E-state index in [1.807, 2.05) is 43.3 Å². The summed E-state index contributed by atoms with van der Waals surface area (Å²) >= 11 is 6.32. The van der Waals surface area contributed by atoms with Crippen LogP contribution in [0.5, 0.6) is 0 Å². The van der Waals surface area contributed by atoms with Crippen LogP contribution in [0.4, 0.5) is 0 Å². The predicted octanol–water partition coefficient (Wildman–Crippen LogP) is 2.50. The monoisotopic (exact) mass is 438 g/mol. The highest BCUT2D eigenvalue weighted by Crippen LogP contribution is 2.26. The van der Waals surface area contributed by atoms with Crippen LogP contribution in [-0.4, -0.2) is 61.8 Å². The maximum Gasteiger partial charge on any atom is 0.268 e. The summed E-state index contributed by atoms with van der Waals surface area (Å²) in [6, 6.07) is 8.86. The van der Waals surface area contributed by atoms with Crippen LogP contribution in [0.25, 0.3) is 0 Å². The van der Waals surface area contributed by atoms with Crippen LogP contribution < -0.4 is 5.32 Å². The summed E-state index contributed by atoms with van der Waals surface area (Å²) in [6.45, 7) is 1.40. The number of aryl methyl sites for hydroxylation is 1. The number of benzene rings is 1. The molecule has 0 spiro atoms. The first-order chi connectivity index (χ1) is 13.7. The number of nitrogens with one attached hydrogen (secondary N) is 1. The van der Waals surface area contributed by atoms with E-state index in [-0.39, 0.29) is 16.8 Å². The Balaban J connectivity index is 1.75. The third-order valence-electron chi connectivity index (χ3n) is 5.26. The minimum atomic E-state index is -3.56. The first-order valence-electron chi connectivity index (χ1n) is 9.57. The molecule has 1 aromatic heterocycles. The van der Waals surface area contributed by atoms with E-state index in [1.165, 1.54) is 16.6 Å². The second-order valence-corrected chi connectivity index (χ2v) is 9.84. The van der Waals surface area contributed by atoms with Crippen LogP contribution in [0.15, 0.2) is 41.4 Å². The van der Waals surface area contributed by atoms with Gasteiger partial charge in [0.25, 0.3) is 5.91 Å². The van der Waals surface area contributed by atoms with Gasteiger partial charge in [0.1, 0.15) is 10.6 Å². The van der Waals surface area contributed by atoms with Gasteiger partial charge in [-0.3, -0.25) is 4.79 Å². The Morgan fingerprint density at radius 3 is 2.52 bits per heavy atom. The zero-order valence-electron chi connectivity index (χ0n) is 16.9. The number of hydrogen-bond acceptors (Lipinski definition) is 4. The molecule has 1 aromatic carbocycles. The third kappa shape index (κ3) is 4.66. The van der Waals surface area contributed by atoms with Gasteiger partial charge in [0.2, 0.25) is 10.0 Å². The molecular formula is C20H27ClN4O3S. The number of nitrogens with zero attached hydrogens (tertiary/aromatic N) is 3. The summed E-state index contributed by atoms with van der Waals surface area (Å²) in [5, 5.41) is 3.55.